The van der Waals surface area contributed by atoms with Gasteiger partial charge in [-0.05, 0) is 37.5 Å². The molecule has 1 saturated carbocycles. The number of hydrogen-bond acceptors (Lipinski definition) is 3. The fourth-order valence-electron chi connectivity index (χ4n) is 3.60. The Kier molecular flexibility index (Phi) is 3.03. The van der Waals surface area contributed by atoms with E-state index in [9.17, 15) is 9.59 Å². The van der Waals surface area contributed by atoms with E-state index in [2.05, 4.69) is 0 Å². The fourth-order valence-corrected chi connectivity index (χ4v) is 3.60. The summed E-state index contributed by atoms with van der Waals surface area (Å²) >= 11 is 0. The van der Waals surface area contributed by atoms with E-state index in [1.807, 2.05) is 30.0 Å². The number of Topliss-reactive ketones (excluding diaryl/α,β-unsaturated/α-hetero) is 1. The van der Waals surface area contributed by atoms with Gasteiger partial charge in [0.2, 0.25) is 5.91 Å². The molecule has 4 heteroatoms. The monoisotopic (exact) mass is 299 g/mol. The van der Waals surface area contributed by atoms with Crippen molar-refractivity contribution in [3.63, 3.8) is 0 Å². The van der Waals surface area contributed by atoms with Crippen molar-refractivity contribution in [1.82, 2.24) is 4.90 Å². The molecule has 0 atom stereocenters. The van der Waals surface area contributed by atoms with Crippen LogP contribution in [0.4, 0.5) is 0 Å². The largest absolute Gasteiger partial charge is 0.486 e. The quantitative estimate of drug-likeness (QED) is 0.801. The lowest BCUT2D eigenvalue weighted by Crippen LogP contribution is -2.52. The van der Waals surface area contributed by atoms with Crippen LogP contribution in [-0.2, 0) is 4.79 Å². The van der Waals surface area contributed by atoms with Crippen molar-refractivity contribution in [2.24, 2.45) is 5.92 Å². The lowest BCUT2D eigenvalue weighted by molar-refractivity contribution is -0.136. The maximum Gasteiger partial charge on any atom is 0.225 e. The topological polar surface area (TPSA) is 46.6 Å². The van der Waals surface area contributed by atoms with Gasteiger partial charge in [0, 0.05) is 31.8 Å². The number of carbonyl (C=O) groups is 2. The van der Waals surface area contributed by atoms with Gasteiger partial charge in [0.15, 0.2) is 5.78 Å². The normalized spacial score (nSPS) is 23.1. The number of ether oxygens (including phenoxy) is 1. The molecule has 4 nitrogen and oxygen atoms in total. The van der Waals surface area contributed by atoms with Gasteiger partial charge in [-0.1, -0.05) is 6.07 Å². The summed E-state index contributed by atoms with van der Waals surface area (Å²) in [5.74, 6) is 1.46. The predicted molar refractivity (Wildman–Crippen MR) is 82.0 cm³/mol. The number of piperidine rings is 1. The Morgan fingerprint density at radius 3 is 2.68 bits per heavy atom. The number of rotatable bonds is 1. The van der Waals surface area contributed by atoms with E-state index >= 15 is 0 Å². The van der Waals surface area contributed by atoms with Crippen LogP contribution in [0.3, 0.4) is 0 Å². The van der Waals surface area contributed by atoms with Crippen LogP contribution in [-0.4, -0.2) is 35.3 Å². The standard InChI is InChI=1S/C18H21NO3/c1-12-2-5-14-15(20)11-18(22-16(14)10-12)6-8-19(9-7-18)17(21)13-3-4-13/h2,5,10,13H,3-4,6-9,11H2,1H3. The summed E-state index contributed by atoms with van der Waals surface area (Å²) in [6.45, 7) is 3.43. The number of benzene rings is 1. The molecule has 1 aliphatic carbocycles. The number of carbonyl (C=O) groups excluding carboxylic acids is 2. The molecule has 22 heavy (non-hydrogen) atoms. The maximum absolute atomic E-state index is 12.4. The van der Waals surface area contributed by atoms with E-state index in [1.165, 1.54) is 0 Å². The number of likely N-dealkylation sites (tertiary alicyclic amines) is 1. The predicted octanol–water partition coefficient (Wildman–Crippen LogP) is 2.73. The van der Waals surface area contributed by atoms with E-state index < -0.39 is 5.60 Å². The van der Waals surface area contributed by atoms with Gasteiger partial charge in [-0.15, -0.1) is 0 Å². The molecule has 0 N–H and O–H groups in total. The number of ketones is 1. The third-order valence-corrected chi connectivity index (χ3v) is 5.16. The Morgan fingerprint density at radius 2 is 2.00 bits per heavy atom. The molecular formula is C18H21NO3. The van der Waals surface area contributed by atoms with E-state index in [0.717, 1.165) is 37.0 Å². The molecule has 1 aromatic carbocycles. The zero-order valence-corrected chi connectivity index (χ0v) is 12.9. The van der Waals surface area contributed by atoms with E-state index in [-0.39, 0.29) is 11.7 Å². The molecule has 1 amide bonds. The highest BCUT2D eigenvalue weighted by atomic mass is 16.5. The molecule has 0 radical (unpaired) electrons. The van der Waals surface area contributed by atoms with Crippen molar-refractivity contribution in [3.8, 4) is 5.75 Å². The highest BCUT2D eigenvalue weighted by molar-refractivity contribution is 6.00. The molecule has 1 aromatic rings. The highest BCUT2D eigenvalue weighted by Gasteiger charge is 2.45. The van der Waals surface area contributed by atoms with Gasteiger partial charge in [0.25, 0.3) is 0 Å². The van der Waals surface area contributed by atoms with Gasteiger partial charge in [0.05, 0.1) is 12.0 Å². The third kappa shape index (κ3) is 2.31. The Labute approximate surface area is 130 Å². The van der Waals surface area contributed by atoms with Crippen molar-refractivity contribution in [3.05, 3.63) is 29.3 Å². The number of aryl methyl sites for hydroxylation is 1. The molecule has 2 fully saturated rings. The Morgan fingerprint density at radius 1 is 1.27 bits per heavy atom. The second-order valence-electron chi connectivity index (χ2n) is 6.98. The Bertz CT molecular complexity index is 640. The molecule has 0 unspecified atom stereocenters. The van der Waals surface area contributed by atoms with Gasteiger partial charge < -0.3 is 9.64 Å². The summed E-state index contributed by atoms with van der Waals surface area (Å²) in [6, 6.07) is 5.77. The fraction of sp³-hybridized carbons (Fsp3) is 0.556. The first-order chi connectivity index (χ1) is 10.6. The van der Waals surface area contributed by atoms with Crippen LogP contribution in [0, 0.1) is 12.8 Å². The van der Waals surface area contributed by atoms with Crippen LogP contribution in [0.5, 0.6) is 5.75 Å². The SMILES string of the molecule is Cc1ccc2c(c1)OC1(CCN(C(=O)C3CC3)CC1)CC2=O. The van der Waals surface area contributed by atoms with E-state index in [4.69, 9.17) is 4.74 Å². The van der Waals surface area contributed by atoms with E-state index in [1.54, 1.807) is 0 Å². The minimum absolute atomic E-state index is 0.170. The first-order valence-electron chi connectivity index (χ1n) is 8.18. The van der Waals surface area contributed by atoms with Gasteiger partial charge >= 0.3 is 0 Å². The number of fused-ring (bicyclic) bond motifs is 1. The van der Waals surface area contributed by atoms with E-state index in [0.29, 0.717) is 31.0 Å². The summed E-state index contributed by atoms with van der Waals surface area (Å²) in [5.41, 5.74) is 1.40. The smallest absolute Gasteiger partial charge is 0.225 e. The van der Waals surface area contributed by atoms with Crippen LogP contribution < -0.4 is 4.74 Å². The second-order valence-corrected chi connectivity index (χ2v) is 6.98. The van der Waals surface area contributed by atoms with Gasteiger partial charge in [-0.2, -0.15) is 0 Å². The molecule has 3 aliphatic rings. The molecular weight excluding hydrogens is 278 g/mol. The summed E-state index contributed by atoms with van der Waals surface area (Å²) < 4.78 is 6.26. The highest BCUT2D eigenvalue weighted by Crippen LogP contribution is 2.40. The summed E-state index contributed by atoms with van der Waals surface area (Å²) in [6.07, 6.45) is 4.04. The van der Waals surface area contributed by atoms with Crippen molar-refractivity contribution in [2.45, 2.75) is 44.6 Å². The van der Waals surface area contributed by atoms with Gasteiger partial charge in [-0.25, -0.2) is 0 Å². The van der Waals surface area contributed by atoms with Crippen molar-refractivity contribution >= 4 is 11.7 Å². The molecule has 1 spiro atoms. The van der Waals surface area contributed by atoms with Crippen LogP contribution in [0.25, 0.3) is 0 Å². The molecule has 0 bridgehead atoms. The van der Waals surface area contributed by atoms with Crippen LogP contribution in [0.15, 0.2) is 18.2 Å². The molecule has 1 saturated heterocycles. The minimum atomic E-state index is -0.405. The molecule has 0 aromatic heterocycles. The molecule has 2 aliphatic heterocycles. The Balaban J connectivity index is 1.52. The van der Waals surface area contributed by atoms with Crippen LogP contribution in [0.1, 0.15) is 48.0 Å². The number of nitrogens with zero attached hydrogens (tertiary/aromatic N) is 1. The van der Waals surface area contributed by atoms with Crippen LogP contribution in [0.2, 0.25) is 0 Å². The van der Waals surface area contributed by atoms with Gasteiger partial charge in [0.1, 0.15) is 11.4 Å². The third-order valence-electron chi connectivity index (χ3n) is 5.16. The zero-order valence-electron chi connectivity index (χ0n) is 12.9. The lowest BCUT2D eigenvalue weighted by Gasteiger charge is -2.44. The van der Waals surface area contributed by atoms with Gasteiger partial charge in [-0.3, -0.25) is 9.59 Å². The zero-order chi connectivity index (χ0) is 15.3. The summed E-state index contributed by atoms with van der Waals surface area (Å²) in [4.78, 5) is 26.6. The summed E-state index contributed by atoms with van der Waals surface area (Å²) in [5, 5.41) is 0. The summed E-state index contributed by atoms with van der Waals surface area (Å²) in [7, 11) is 0. The Hall–Kier alpha value is -1.84. The average molecular weight is 299 g/mol. The first kappa shape index (κ1) is 13.8. The second kappa shape index (κ2) is 4.83. The van der Waals surface area contributed by atoms with Crippen molar-refractivity contribution in [2.75, 3.05) is 13.1 Å². The van der Waals surface area contributed by atoms with Crippen molar-refractivity contribution in [1.29, 1.82) is 0 Å². The molecule has 4 rings (SSSR count). The number of hydrogen-bond donors (Lipinski definition) is 0. The minimum Gasteiger partial charge on any atom is -0.486 e. The first-order valence-corrected chi connectivity index (χ1v) is 8.18. The number of amides is 1. The van der Waals surface area contributed by atoms with Crippen molar-refractivity contribution < 1.29 is 14.3 Å². The molecule has 116 valence electrons. The molecule has 2 heterocycles. The average Bonchev–Trinajstić information content (AvgIpc) is 3.31. The maximum atomic E-state index is 12.4. The lowest BCUT2D eigenvalue weighted by atomic mass is 9.82. The van der Waals surface area contributed by atoms with Crippen LogP contribution >= 0.6 is 0 Å².